The summed E-state index contributed by atoms with van der Waals surface area (Å²) in [5, 5.41) is 2.39. The summed E-state index contributed by atoms with van der Waals surface area (Å²) in [6, 6.07) is 15.9. The lowest BCUT2D eigenvalue weighted by molar-refractivity contribution is 0.0731. The van der Waals surface area contributed by atoms with Gasteiger partial charge in [0, 0.05) is 17.4 Å². The summed E-state index contributed by atoms with van der Waals surface area (Å²) in [7, 11) is 0. The van der Waals surface area contributed by atoms with Gasteiger partial charge in [-0.25, -0.2) is 4.98 Å². The first-order chi connectivity index (χ1) is 12.7. The van der Waals surface area contributed by atoms with Crippen LogP contribution in [0.4, 0.5) is 0 Å². The van der Waals surface area contributed by atoms with E-state index in [2.05, 4.69) is 11.1 Å². The molecule has 0 saturated carbocycles. The highest BCUT2D eigenvalue weighted by atomic mass is 35.5. The van der Waals surface area contributed by atoms with Crippen LogP contribution in [0.2, 0.25) is 5.02 Å². The van der Waals surface area contributed by atoms with Crippen LogP contribution < -0.4 is 0 Å². The van der Waals surface area contributed by atoms with Gasteiger partial charge in [0.2, 0.25) is 0 Å². The number of benzene rings is 2. The lowest BCUT2D eigenvalue weighted by Gasteiger charge is -2.22. The fourth-order valence-corrected chi connectivity index (χ4v) is 5.11. The lowest BCUT2D eigenvalue weighted by atomic mass is 10.2. The third kappa shape index (κ3) is 2.42. The summed E-state index contributed by atoms with van der Waals surface area (Å²) in [5.74, 6) is -0.0482. The number of hydrogen-bond acceptors (Lipinski definition) is 3. The minimum atomic E-state index is -0.0482. The van der Waals surface area contributed by atoms with Gasteiger partial charge in [-0.2, -0.15) is 0 Å². The van der Waals surface area contributed by atoms with Crippen molar-refractivity contribution in [2.75, 3.05) is 6.54 Å². The number of para-hydroxylation sites is 2. The van der Waals surface area contributed by atoms with Gasteiger partial charge in [-0.1, -0.05) is 41.9 Å². The third-order valence-electron chi connectivity index (χ3n) is 4.97. The summed E-state index contributed by atoms with van der Waals surface area (Å²) in [5.41, 5.74) is 2.35. The van der Waals surface area contributed by atoms with E-state index in [4.69, 9.17) is 16.6 Å². The highest BCUT2D eigenvalue weighted by Crippen LogP contribution is 2.38. The molecule has 1 atom stereocenters. The number of aromatic amines is 1. The number of likely N-dealkylation sites (tertiary alicyclic amines) is 1. The van der Waals surface area contributed by atoms with Crippen LogP contribution in [0.5, 0.6) is 0 Å². The Morgan fingerprint density at radius 2 is 2.00 bits per heavy atom. The van der Waals surface area contributed by atoms with E-state index in [1.54, 1.807) is 11.3 Å². The maximum absolute atomic E-state index is 13.2. The minimum absolute atomic E-state index is 0.0161. The van der Waals surface area contributed by atoms with Crippen LogP contribution in [-0.2, 0) is 0 Å². The van der Waals surface area contributed by atoms with Crippen LogP contribution in [-0.4, -0.2) is 27.3 Å². The van der Waals surface area contributed by atoms with E-state index in [1.165, 1.54) is 0 Å². The van der Waals surface area contributed by atoms with Crippen molar-refractivity contribution in [3.8, 4) is 0 Å². The standard InChI is InChI=1S/C20H16ClN3OS/c21-17-12-6-1-2-7-13(12)22-18(17)20(25)24-11-5-9-15(24)19-23-14-8-3-4-10-16(14)26-19/h1-4,6-8,10,15,22H,5,9,11H2. The van der Waals surface area contributed by atoms with Gasteiger partial charge in [-0.05, 0) is 31.0 Å². The summed E-state index contributed by atoms with van der Waals surface area (Å²) in [4.78, 5) is 23.1. The summed E-state index contributed by atoms with van der Waals surface area (Å²) in [6.07, 6.45) is 1.91. The van der Waals surface area contributed by atoms with Crippen molar-refractivity contribution in [1.29, 1.82) is 0 Å². The van der Waals surface area contributed by atoms with Crippen molar-refractivity contribution >= 4 is 50.0 Å². The van der Waals surface area contributed by atoms with Crippen LogP contribution in [0.1, 0.15) is 34.4 Å². The molecule has 1 N–H and O–H groups in total. The molecule has 1 fully saturated rings. The molecule has 0 radical (unpaired) electrons. The third-order valence-corrected chi connectivity index (χ3v) is 6.50. The Bertz CT molecular complexity index is 1100. The molecule has 0 aliphatic carbocycles. The van der Waals surface area contributed by atoms with E-state index in [1.807, 2.05) is 47.4 Å². The normalized spacial score (nSPS) is 17.4. The highest BCUT2D eigenvalue weighted by molar-refractivity contribution is 7.18. The van der Waals surface area contributed by atoms with Crippen molar-refractivity contribution < 1.29 is 4.79 Å². The Morgan fingerprint density at radius 1 is 1.19 bits per heavy atom. The first-order valence-electron chi connectivity index (χ1n) is 8.65. The number of halogens is 1. The van der Waals surface area contributed by atoms with Crippen LogP contribution >= 0.6 is 22.9 Å². The second-order valence-corrected chi connectivity index (χ2v) is 7.98. The van der Waals surface area contributed by atoms with Crippen LogP contribution in [0.15, 0.2) is 48.5 Å². The predicted molar refractivity (Wildman–Crippen MR) is 106 cm³/mol. The maximum Gasteiger partial charge on any atom is 0.272 e. The average molecular weight is 382 g/mol. The molecule has 0 bridgehead atoms. The van der Waals surface area contributed by atoms with E-state index in [9.17, 15) is 4.79 Å². The van der Waals surface area contributed by atoms with Crippen LogP contribution in [0.3, 0.4) is 0 Å². The molecule has 6 heteroatoms. The monoisotopic (exact) mass is 381 g/mol. The lowest BCUT2D eigenvalue weighted by Crippen LogP contribution is -2.31. The molecule has 0 spiro atoms. The summed E-state index contributed by atoms with van der Waals surface area (Å²) in [6.45, 7) is 0.727. The average Bonchev–Trinajstić information content (AvgIpc) is 3.38. The van der Waals surface area contributed by atoms with Gasteiger partial charge in [0.25, 0.3) is 5.91 Å². The van der Waals surface area contributed by atoms with E-state index in [-0.39, 0.29) is 11.9 Å². The molecular weight excluding hydrogens is 366 g/mol. The van der Waals surface area contributed by atoms with Gasteiger partial charge >= 0.3 is 0 Å². The molecule has 1 amide bonds. The molecule has 5 rings (SSSR count). The summed E-state index contributed by atoms with van der Waals surface area (Å²) < 4.78 is 1.16. The number of hydrogen-bond donors (Lipinski definition) is 1. The van der Waals surface area contributed by atoms with Gasteiger partial charge in [-0.3, -0.25) is 4.79 Å². The smallest absolute Gasteiger partial charge is 0.272 e. The molecule has 26 heavy (non-hydrogen) atoms. The quantitative estimate of drug-likeness (QED) is 0.504. The van der Waals surface area contributed by atoms with Crippen LogP contribution in [0, 0.1) is 0 Å². The Morgan fingerprint density at radius 3 is 2.85 bits per heavy atom. The molecule has 4 nitrogen and oxygen atoms in total. The number of fused-ring (bicyclic) bond motifs is 2. The molecule has 1 aliphatic heterocycles. The minimum Gasteiger partial charge on any atom is -0.349 e. The van der Waals surface area contributed by atoms with E-state index >= 15 is 0 Å². The molecule has 1 aliphatic rings. The number of nitrogens with zero attached hydrogens (tertiary/aromatic N) is 2. The Kier molecular flexibility index (Phi) is 3.72. The topological polar surface area (TPSA) is 49.0 Å². The van der Waals surface area contributed by atoms with Crippen molar-refractivity contribution in [2.24, 2.45) is 0 Å². The highest BCUT2D eigenvalue weighted by Gasteiger charge is 2.34. The largest absolute Gasteiger partial charge is 0.349 e. The molecule has 3 heterocycles. The zero-order chi connectivity index (χ0) is 17.7. The Labute approximate surface area is 159 Å². The van der Waals surface area contributed by atoms with E-state index in [0.29, 0.717) is 10.7 Å². The van der Waals surface area contributed by atoms with E-state index in [0.717, 1.165) is 45.5 Å². The SMILES string of the molecule is O=C(c1[nH]c2ccccc2c1Cl)N1CCCC1c1nc2ccccc2s1. The number of thiazole rings is 1. The molecule has 130 valence electrons. The molecular formula is C20H16ClN3OS. The zero-order valence-electron chi connectivity index (χ0n) is 13.9. The number of nitrogens with one attached hydrogen (secondary N) is 1. The summed E-state index contributed by atoms with van der Waals surface area (Å²) >= 11 is 8.17. The second-order valence-electron chi connectivity index (χ2n) is 6.54. The van der Waals surface area contributed by atoms with Gasteiger partial charge in [0.05, 0.1) is 21.3 Å². The fraction of sp³-hybridized carbons (Fsp3) is 0.200. The second kappa shape index (κ2) is 6.11. The number of rotatable bonds is 2. The van der Waals surface area contributed by atoms with Gasteiger partial charge in [-0.15, -0.1) is 11.3 Å². The molecule has 4 aromatic rings. The first kappa shape index (κ1) is 15.9. The Balaban J connectivity index is 1.53. The maximum atomic E-state index is 13.2. The number of aromatic nitrogens is 2. The number of carbonyl (C=O) groups is 1. The molecule has 2 aromatic heterocycles. The molecule has 1 unspecified atom stereocenters. The van der Waals surface area contributed by atoms with Gasteiger partial charge in [0.15, 0.2) is 0 Å². The van der Waals surface area contributed by atoms with Crippen molar-refractivity contribution in [3.05, 3.63) is 64.3 Å². The van der Waals surface area contributed by atoms with Crippen molar-refractivity contribution in [2.45, 2.75) is 18.9 Å². The number of amides is 1. The number of carbonyl (C=O) groups excluding carboxylic acids is 1. The van der Waals surface area contributed by atoms with Gasteiger partial charge < -0.3 is 9.88 Å². The zero-order valence-corrected chi connectivity index (χ0v) is 15.5. The van der Waals surface area contributed by atoms with E-state index < -0.39 is 0 Å². The van der Waals surface area contributed by atoms with Crippen molar-refractivity contribution in [3.63, 3.8) is 0 Å². The molecule has 1 saturated heterocycles. The molecule has 2 aromatic carbocycles. The van der Waals surface area contributed by atoms with Crippen LogP contribution in [0.25, 0.3) is 21.1 Å². The predicted octanol–water partition coefficient (Wildman–Crippen LogP) is 5.41. The number of H-pyrrole nitrogens is 1. The Hall–Kier alpha value is -2.37. The van der Waals surface area contributed by atoms with Gasteiger partial charge in [0.1, 0.15) is 10.7 Å². The fourth-order valence-electron chi connectivity index (χ4n) is 3.70. The first-order valence-corrected chi connectivity index (χ1v) is 9.84. The van der Waals surface area contributed by atoms with Crippen molar-refractivity contribution in [1.82, 2.24) is 14.9 Å².